The number of benzene rings is 2. The van der Waals surface area contributed by atoms with Crippen LogP contribution in [-0.2, 0) is 11.2 Å². The smallest absolute Gasteiger partial charge is 0.150 e. The second-order valence-corrected chi connectivity index (χ2v) is 8.18. The van der Waals surface area contributed by atoms with E-state index in [9.17, 15) is 0 Å². The van der Waals surface area contributed by atoms with E-state index in [4.69, 9.17) is 14.2 Å². The second-order valence-electron chi connectivity index (χ2n) is 8.18. The first-order valence-electron chi connectivity index (χ1n) is 11.0. The Kier molecular flexibility index (Phi) is 5.77. The van der Waals surface area contributed by atoms with Crippen molar-refractivity contribution >= 4 is 10.9 Å². The van der Waals surface area contributed by atoms with Crippen molar-refractivity contribution in [2.45, 2.75) is 31.9 Å². The van der Waals surface area contributed by atoms with Gasteiger partial charge in [-0.15, -0.1) is 0 Å². The Morgan fingerprint density at radius 1 is 0.938 bits per heavy atom. The molecule has 1 aliphatic rings. The molecule has 2 aromatic heterocycles. The van der Waals surface area contributed by atoms with Gasteiger partial charge in [-0.1, -0.05) is 6.07 Å². The summed E-state index contributed by atoms with van der Waals surface area (Å²) < 4.78 is 18.6. The predicted molar refractivity (Wildman–Crippen MR) is 124 cm³/mol. The SMILES string of the molecule is COc1cc(Cc2ccc3ncc(-c4cnn(C5CCCCO5)c4)cc3c2)cc(OC)c1. The van der Waals surface area contributed by atoms with Crippen LogP contribution >= 0.6 is 0 Å². The van der Waals surface area contributed by atoms with E-state index in [1.54, 1.807) is 14.2 Å². The highest BCUT2D eigenvalue weighted by Gasteiger charge is 2.17. The maximum atomic E-state index is 5.86. The van der Waals surface area contributed by atoms with Gasteiger partial charge in [-0.25, -0.2) is 4.68 Å². The van der Waals surface area contributed by atoms with E-state index in [2.05, 4.69) is 40.5 Å². The van der Waals surface area contributed by atoms with Crippen LogP contribution in [0.3, 0.4) is 0 Å². The molecule has 1 aliphatic heterocycles. The summed E-state index contributed by atoms with van der Waals surface area (Å²) in [5, 5.41) is 5.65. The average molecular weight is 430 g/mol. The monoisotopic (exact) mass is 429 g/mol. The third-order valence-electron chi connectivity index (χ3n) is 5.95. The third kappa shape index (κ3) is 4.32. The number of pyridine rings is 1. The van der Waals surface area contributed by atoms with Crippen molar-refractivity contribution in [3.05, 3.63) is 72.2 Å². The Bertz CT molecular complexity index is 1210. The highest BCUT2D eigenvalue weighted by Crippen LogP contribution is 2.28. The Morgan fingerprint density at radius 3 is 2.53 bits per heavy atom. The fraction of sp³-hybridized carbons (Fsp3) is 0.308. The van der Waals surface area contributed by atoms with Gasteiger partial charge in [0.2, 0.25) is 0 Å². The molecule has 0 aliphatic carbocycles. The maximum absolute atomic E-state index is 5.86. The van der Waals surface area contributed by atoms with E-state index in [-0.39, 0.29) is 6.23 Å². The summed E-state index contributed by atoms with van der Waals surface area (Å²) >= 11 is 0. The molecule has 1 unspecified atom stereocenters. The van der Waals surface area contributed by atoms with Crippen molar-refractivity contribution in [1.82, 2.24) is 14.8 Å². The fourth-order valence-electron chi connectivity index (χ4n) is 4.23. The summed E-state index contributed by atoms with van der Waals surface area (Å²) in [5.41, 5.74) is 5.43. The first kappa shape index (κ1) is 20.5. The first-order chi connectivity index (χ1) is 15.7. The van der Waals surface area contributed by atoms with Crippen LogP contribution in [0.25, 0.3) is 22.0 Å². The molecule has 1 atom stereocenters. The summed E-state index contributed by atoms with van der Waals surface area (Å²) in [5.74, 6) is 1.59. The molecule has 0 spiro atoms. The molecule has 0 saturated carbocycles. The molecule has 0 amide bonds. The third-order valence-corrected chi connectivity index (χ3v) is 5.95. The molecule has 1 fully saturated rings. The molecule has 3 heterocycles. The largest absolute Gasteiger partial charge is 0.497 e. The van der Waals surface area contributed by atoms with Gasteiger partial charge in [0.15, 0.2) is 0 Å². The topological polar surface area (TPSA) is 58.4 Å². The summed E-state index contributed by atoms with van der Waals surface area (Å²) in [4.78, 5) is 4.67. The molecule has 4 aromatic rings. The zero-order chi connectivity index (χ0) is 21.9. The van der Waals surface area contributed by atoms with E-state index in [1.807, 2.05) is 35.3 Å². The lowest BCUT2D eigenvalue weighted by molar-refractivity contribution is -0.0394. The Morgan fingerprint density at radius 2 is 1.78 bits per heavy atom. The van der Waals surface area contributed by atoms with Gasteiger partial charge >= 0.3 is 0 Å². The molecule has 32 heavy (non-hydrogen) atoms. The van der Waals surface area contributed by atoms with Crippen LogP contribution in [0.2, 0.25) is 0 Å². The van der Waals surface area contributed by atoms with Gasteiger partial charge in [0, 0.05) is 41.6 Å². The lowest BCUT2D eigenvalue weighted by atomic mass is 10.0. The highest BCUT2D eigenvalue weighted by atomic mass is 16.5. The number of methoxy groups -OCH3 is 2. The standard InChI is InChI=1S/C26H27N3O3/c1-30-23-11-19(12-24(14-23)31-2)9-18-6-7-25-20(10-18)13-21(15-27-25)22-16-28-29(17-22)26-5-3-4-8-32-26/h6-7,10-17,26H,3-5,8-9H2,1-2H3. The first-order valence-corrected chi connectivity index (χ1v) is 11.0. The number of fused-ring (bicyclic) bond motifs is 1. The maximum Gasteiger partial charge on any atom is 0.150 e. The van der Waals surface area contributed by atoms with E-state index in [0.717, 1.165) is 65.0 Å². The van der Waals surface area contributed by atoms with Crippen molar-refractivity contribution in [2.24, 2.45) is 0 Å². The van der Waals surface area contributed by atoms with Gasteiger partial charge in [-0.2, -0.15) is 5.10 Å². The average Bonchev–Trinajstić information content (AvgIpc) is 3.34. The van der Waals surface area contributed by atoms with E-state index in [1.165, 1.54) is 12.0 Å². The molecule has 164 valence electrons. The van der Waals surface area contributed by atoms with Gasteiger partial charge in [0.05, 0.1) is 25.9 Å². The molecule has 0 N–H and O–H groups in total. The number of ether oxygens (including phenoxy) is 3. The molecule has 2 aromatic carbocycles. The molecule has 6 heteroatoms. The fourth-order valence-corrected chi connectivity index (χ4v) is 4.23. The number of nitrogens with zero attached hydrogens (tertiary/aromatic N) is 3. The van der Waals surface area contributed by atoms with Gasteiger partial charge in [0.25, 0.3) is 0 Å². The normalized spacial score (nSPS) is 16.2. The van der Waals surface area contributed by atoms with Gasteiger partial charge in [-0.05, 0) is 67.1 Å². The van der Waals surface area contributed by atoms with Crippen molar-refractivity contribution < 1.29 is 14.2 Å². The van der Waals surface area contributed by atoms with Crippen LogP contribution in [0.5, 0.6) is 11.5 Å². The molecule has 0 bridgehead atoms. The summed E-state index contributed by atoms with van der Waals surface area (Å²) in [6, 6.07) is 14.6. The van der Waals surface area contributed by atoms with E-state index < -0.39 is 0 Å². The number of hydrogen-bond acceptors (Lipinski definition) is 5. The molecule has 5 rings (SSSR count). The van der Waals surface area contributed by atoms with Crippen LogP contribution in [0.1, 0.15) is 36.6 Å². The lowest BCUT2D eigenvalue weighted by Gasteiger charge is -2.22. The Hall–Kier alpha value is -3.38. The lowest BCUT2D eigenvalue weighted by Crippen LogP contribution is -2.18. The number of hydrogen-bond donors (Lipinski definition) is 0. The van der Waals surface area contributed by atoms with E-state index >= 15 is 0 Å². The summed E-state index contributed by atoms with van der Waals surface area (Å²) in [7, 11) is 3.34. The van der Waals surface area contributed by atoms with Crippen molar-refractivity contribution in [1.29, 1.82) is 0 Å². The summed E-state index contributed by atoms with van der Waals surface area (Å²) in [6.07, 6.45) is 10.0. The molecule has 1 saturated heterocycles. The quantitative estimate of drug-likeness (QED) is 0.410. The molecule has 6 nitrogen and oxygen atoms in total. The molecular weight excluding hydrogens is 402 g/mol. The van der Waals surface area contributed by atoms with Crippen molar-refractivity contribution in [2.75, 3.05) is 20.8 Å². The van der Waals surface area contributed by atoms with Crippen molar-refractivity contribution in [3.8, 4) is 22.6 Å². The Balaban J connectivity index is 1.41. The number of aromatic nitrogens is 3. The highest BCUT2D eigenvalue weighted by molar-refractivity contribution is 5.84. The van der Waals surface area contributed by atoms with Crippen LogP contribution in [0.4, 0.5) is 0 Å². The molecular formula is C26H27N3O3. The minimum atomic E-state index is 0.0392. The van der Waals surface area contributed by atoms with Crippen LogP contribution in [0, 0.1) is 0 Å². The van der Waals surface area contributed by atoms with Crippen LogP contribution in [0.15, 0.2) is 61.1 Å². The minimum absolute atomic E-state index is 0.0392. The van der Waals surface area contributed by atoms with E-state index in [0.29, 0.717) is 0 Å². The molecule has 0 radical (unpaired) electrons. The summed E-state index contributed by atoms with van der Waals surface area (Å²) in [6.45, 7) is 0.805. The van der Waals surface area contributed by atoms with Gasteiger partial charge in [-0.3, -0.25) is 4.98 Å². The van der Waals surface area contributed by atoms with Crippen molar-refractivity contribution in [3.63, 3.8) is 0 Å². The predicted octanol–water partition coefficient (Wildman–Crippen LogP) is 5.41. The van der Waals surface area contributed by atoms with Crippen LogP contribution < -0.4 is 9.47 Å². The van der Waals surface area contributed by atoms with Gasteiger partial charge < -0.3 is 14.2 Å². The van der Waals surface area contributed by atoms with Gasteiger partial charge in [0.1, 0.15) is 17.7 Å². The minimum Gasteiger partial charge on any atom is -0.497 e. The number of rotatable bonds is 6. The second kappa shape index (κ2) is 9.01. The zero-order valence-electron chi connectivity index (χ0n) is 18.5. The van der Waals surface area contributed by atoms with Crippen LogP contribution in [-0.4, -0.2) is 35.6 Å². The zero-order valence-corrected chi connectivity index (χ0v) is 18.5. The Labute approximate surface area is 187 Å².